The van der Waals surface area contributed by atoms with Gasteiger partial charge >= 0.3 is 0 Å². The molecule has 1 atom stereocenters. The van der Waals surface area contributed by atoms with Gasteiger partial charge in [0.1, 0.15) is 34.4 Å². The number of methoxy groups -OCH3 is 1. The summed E-state index contributed by atoms with van der Waals surface area (Å²) in [5, 5.41) is 2.78. The van der Waals surface area contributed by atoms with Gasteiger partial charge in [0.2, 0.25) is 5.91 Å². The summed E-state index contributed by atoms with van der Waals surface area (Å²) in [4.78, 5) is 39.7. The summed E-state index contributed by atoms with van der Waals surface area (Å²) in [6.07, 6.45) is 5.03. The summed E-state index contributed by atoms with van der Waals surface area (Å²) in [7, 11) is 3.22. The molecule has 10 nitrogen and oxygen atoms in total. The standard InChI is InChI=1S/C25H27N7O3/c1-14-6-9-20(28-13-14)29-25(34)18-8-7-17(12-19(18)35-5)21-22-23(26)27-10-11-32(22)24(30-21)15(2)31(4)16(3)33/h6-13,15H,1-5H3,(H2,26,27)(H,28,29,34)/t15-/m0/s1. The summed E-state index contributed by atoms with van der Waals surface area (Å²) >= 11 is 0. The Morgan fingerprint density at radius 1 is 1.20 bits per heavy atom. The van der Waals surface area contributed by atoms with Crippen LogP contribution in [0, 0.1) is 6.92 Å². The fraction of sp³-hybridized carbons (Fsp3) is 0.240. The summed E-state index contributed by atoms with van der Waals surface area (Å²) in [6, 6.07) is 8.47. The van der Waals surface area contributed by atoms with Gasteiger partial charge in [0.05, 0.1) is 18.7 Å². The number of aromatic nitrogens is 4. The summed E-state index contributed by atoms with van der Waals surface area (Å²) in [5.41, 5.74) is 9.44. The Hall–Kier alpha value is -4.47. The van der Waals surface area contributed by atoms with E-state index in [4.69, 9.17) is 15.5 Å². The van der Waals surface area contributed by atoms with Crippen molar-refractivity contribution in [2.24, 2.45) is 0 Å². The average Bonchev–Trinajstić information content (AvgIpc) is 3.25. The number of nitrogens with two attached hydrogens (primary N) is 1. The van der Waals surface area contributed by atoms with Crippen LogP contribution in [0.1, 0.15) is 41.6 Å². The number of nitrogen functional groups attached to an aromatic ring is 1. The van der Waals surface area contributed by atoms with Crippen molar-refractivity contribution >= 4 is 29.0 Å². The molecule has 0 aliphatic carbocycles. The smallest absolute Gasteiger partial charge is 0.260 e. The van der Waals surface area contributed by atoms with Crippen molar-refractivity contribution in [3.8, 4) is 17.0 Å². The molecule has 0 saturated heterocycles. The molecule has 0 unspecified atom stereocenters. The molecule has 4 aromatic rings. The second kappa shape index (κ2) is 9.41. The van der Waals surface area contributed by atoms with E-state index in [9.17, 15) is 9.59 Å². The van der Waals surface area contributed by atoms with Crippen molar-refractivity contribution in [1.29, 1.82) is 0 Å². The molecule has 0 aliphatic rings. The van der Waals surface area contributed by atoms with Crippen LogP contribution < -0.4 is 15.8 Å². The van der Waals surface area contributed by atoms with Crippen LogP contribution in [0.15, 0.2) is 48.9 Å². The molecule has 0 aliphatic heterocycles. The summed E-state index contributed by atoms with van der Waals surface area (Å²) in [6.45, 7) is 5.32. The topological polar surface area (TPSA) is 128 Å². The first kappa shape index (κ1) is 23.7. The van der Waals surface area contributed by atoms with Crippen LogP contribution in [0.4, 0.5) is 11.6 Å². The Morgan fingerprint density at radius 2 is 1.97 bits per heavy atom. The zero-order valence-corrected chi connectivity index (χ0v) is 20.2. The van der Waals surface area contributed by atoms with Crippen molar-refractivity contribution in [3.63, 3.8) is 0 Å². The van der Waals surface area contributed by atoms with Crippen molar-refractivity contribution in [1.82, 2.24) is 24.3 Å². The Labute approximate surface area is 202 Å². The SMILES string of the molecule is COc1cc(-c2nc([C@H](C)N(C)C(C)=O)n3ccnc(N)c23)ccc1C(=O)Nc1ccc(C)cn1. The van der Waals surface area contributed by atoms with E-state index < -0.39 is 0 Å². The first-order valence-electron chi connectivity index (χ1n) is 11.0. The molecule has 3 aromatic heterocycles. The number of rotatable bonds is 6. The van der Waals surface area contributed by atoms with Gasteiger partial charge in [0.15, 0.2) is 0 Å². The van der Waals surface area contributed by atoms with Gasteiger partial charge in [-0.25, -0.2) is 15.0 Å². The molecule has 3 heterocycles. The first-order chi connectivity index (χ1) is 16.7. The van der Waals surface area contributed by atoms with Crippen molar-refractivity contribution in [3.05, 3.63) is 65.9 Å². The van der Waals surface area contributed by atoms with E-state index in [-0.39, 0.29) is 17.9 Å². The van der Waals surface area contributed by atoms with Gasteiger partial charge in [0, 0.05) is 38.1 Å². The van der Waals surface area contributed by atoms with Crippen LogP contribution in [0.3, 0.4) is 0 Å². The number of benzene rings is 1. The molecule has 2 amide bonds. The van der Waals surface area contributed by atoms with Crippen molar-refractivity contribution < 1.29 is 14.3 Å². The Balaban J connectivity index is 1.77. The average molecular weight is 474 g/mol. The van der Waals surface area contributed by atoms with Gasteiger partial charge in [-0.1, -0.05) is 12.1 Å². The largest absolute Gasteiger partial charge is 0.496 e. The number of amides is 2. The lowest BCUT2D eigenvalue weighted by molar-refractivity contribution is -0.129. The molecule has 0 radical (unpaired) electrons. The van der Waals surface area contributed by atoms with E-state index >= 15 is 0 Å². The minimum Gasteiger partial charge on any atom is -0.496 e. The van der Waals surface area contributed by atoms with E-state index in [0.717, 1.165) is 5.56 Å². The molecule has 0 fully saturated rings. The number of hydrogen-bond donors (Lipinski definition) is 2. The molecule has 0 saturated carbocycles. The van der Waals surface area contributed by atoms with Gasteiger partial charge in [-0.15, -0.1) is 0 Å². The minimum atomic E-state index is -0.349. The number of pyridine rings is 1. The quantitative estimate of drug-likeness (QED) is 0.439. The lowest BCUT2D eigenvalue weighted by Crippen LogP contribution is -2.28. The number of hydrogen-bond acceptors (Lipinski definition) is 7. The first-order valence-corrected chi connectivity index (χ1v) is 11.0. The van der Waals surface area contributed by atoms with Gasteiger partial charge in [-0.05, 0) is 37.6 Å². The lowest BCUT2D eigenvalue weighted by atomic mass is 10.1. The predicted octanol–water partition coefficient (Wildman–Crippen LogP) is 3.48. The summed E-state index contributed by atoms with van der Waals surface area (Å²) in [5.74, 6) is 1.30. The van der Waals surface area contributed by atoms with Crippen LogP contribution in [0.2, 0.25) is 0 Å². The number of imidazole rings is 1. The van der Waals surface area contributed by atoms with Gasteiger partial charge in [-0.3, -0.25) is 14.0 Å². The number of nitrogens with one attached hydrogen (secondary N) is 1. The highest BCUT2D eigenvalue weighted by Crippen LogP contribution is 2.34. The molecule has 35 heavy (non-hydrogen) atoms. The molecule has 1 aromatic carbocycles. The molecule has 180 valence electrons. The third kappa shape index (κ3) is 4.50. The number of carbonyl (C=O) groups excluding carboxylic acids is 2. The van der Waals surface area contributed by atoms with E-state index in [2.05, 4.69) is 15.3 Å². The number of fused-ring (bicyclic) bond motifs is 1. The van der Waals surface area contributed by atoms with E-state index in [0.29, 0.717) is 45.5 Å². The highest BCUT2D eigenvalue weighted by Gasteiger charge is 2.24. The molecule has 4 rings (SSSR count). The minimum absolute atomic E-state index is 0.0853. The van der Waals surface area contributed by atoms with E-state index in [1.165, 1.54) is 14.0 Å². The molecule has 0 spiro atoms. The van der Waals surface area contributed by atoms with Crippen LogP contribution in [0.25, 0.3) is 16.8 Å². The number of ether oxygens (including phenoxy) is 1. The van der Waals surface area contributed by atoms with E-state index in [1.807, 2.05) is 24.3 Å². The van der Waals surface area contributed by atoms with Gasteiger partial charge in [0.25, 0.3) is 5.91 Å². The molecule has 10 heteroatoms. The third-order valence-corrected chi connectivity index (χ3v) is 5.93. The van der Waals surface area contributed by atoms with Gasteiger partial charge < -0.3 is 20.7 Å². The monoisotopic (exact) mass is 473 g/mol. The number of nitrogens with zero attached hydrogens (tertiary/aromatic N) is 5. The van der Waals surface area contributed by atoms with Crippen LogP contribution >= 0.6 is 0 Å². The molecule has 0 bridgehead atoms. The third-order valence-electron chi connectivity index (χ3n) is 5.93. The zero-order valence-electron chi connectivity index (χ0n) is 20.2. The Morgan fingerprint density at radius 3 is 2.63 bits per heavy atom. The highest BCUT2D eigenvalue weighted by molar-refractivity contribution is 6.06. The fourth-order valence-electron chi connectivity index (χ4n) is 3.78. The zero-order chi connectivity index (χ0) is 25.3. The van der Waals surface area contributed by atoms with Crippen molar-refractivity contribution in [2.45, 2.75) is 26.8 Å². The van der Waals surface area contributed by atoms with Crippen LogP contribution in [-0.2, 0) is 4.79 Å². The van der Waals surface area contributed by atoms with E-state index in [1.54, 1.807) is 54.8 Å². The maximum Gasteiger partial charge on any atom is 0.260 e. The molecular formula is C25H27N7O3. The number of anilines is 2. The number of aryl methyl sites for hydroxylation is 1. The maximum absolute atomic E-state index is 12.9. The normalized spacial score (nSPS) is 11.8. The second-order valence-electron chi connectivity index (χ2n) is 8.25. The van der Waals surface area contributed by atoms with Crippen molar-refractivity contribution in [2.75, 3.05) is 25.2 Å². The number of carbonyl (C=O) groups is 2. The predicted molar refractivity (Wildman–Crippen MR) is 133 cm³/mol. The molecule has 3 N–H and O–H groups in total. The van der Waals surface area contributed by atoms with Crippen LogP contribution in [-0.4, -0.2) is 50.2 Å². The summed E-state index contributed by atoms with van der Waals surface area (Å²) < 4.78 is 7.37. The second-order valence-corrected chi connectivity index (χ2v) is 8.25. The molecular weight excluding hydrogens is 446 g/mol. The van der Waals surface area contributed by atoms with Gasteiger partial charge in [-0.2, -0.15) is 0 Å². The highest BCUT2D eigenvalue weighted by atomic mass is 16.5. The Kier molecular flexibility index (Phi) is 6.37. The van der Waals surface area contributed by atoms with Crippen LogP contribution in [0.5, 0.6) is 5.75 Å². The fourth-order valence-corrected chi connectivity index (χ4v) is 3.78. The lowest BCUT2D eigenvalue weighted by Gasteiger charge is -2.22. The Bertz CT molecular complexity index is 1410. The maximum atomic E-state index is 12.9.